The highest BCUT2D eigenvalue weighted by atomic mass is 79.9. The molecule has 0 aliphatic carbocycles. The molecule has 1 aliphatic rings. The first-order valence-electron chi connectivity index (χ1n) is 10.9. The van der Waals surface area contributed by atoms with Crippen molar-refractivity contribution in [1.29, 1.82) is 0 Å². The summed E-state index contributed by atoms with van der Waals surface area (Å²) in [7, 11) is -3.81. The Bertz CT molecular complexity index is 1140. The van der Waals surface area contributed by atoms with Gasteiger partial charge in [0.25, 0.3) is 0 Å². The molecule has 11 heteroatoms. The van der Waals surface area contributed by atoms with E-state index in [2.05, 4.69) is 21.2 Å². The number of amides is 2. The predicted molar refractivity (Wildman–Crippen MR) is 132 cm³/mol. The van der Waals surface area contributed by atoms with Crippen molar-refractivity contribution in [3.8, 4) is 11.5 Å². The Labute approximate surface area is 208 Å². The first-order valence-corrected chi connectivity index (χ1v) is 13.3. The van der Waals surface area contributed by atoms with E-state index in [1.165, 1.54) is 17.9 Å². The van der Waals surface area contributed by atoms with E-state index in [-0.39, 0.29) is 30.7 Å². The van der Waals surface area contributed by atoms with Crippen molar-refractivity contribution < 1.29 is 27.5 Å². The lowest BCUT2D eigenvalue weighted by atomic mass is 10.1. The number of fused-ring (bicyclic) bond motifs is 1. The monoisotopic (exact) mass is 553 g/mol. The molecular formula is C23H28BrN3O6S. The van der Waals surface area contributed by atoms with Crippen LogP contribution in [0, 0.1) is 0 Å². The zero-order valence-corrected chi connectivity index (χ0v) is 21.7. The highest BCUT2D eigenvalue weighted by Crippen LogP contribution is 2.36. The minimum atomic E-state index is -3.81. The van der Waals surface area contributed by atoms with Gasteiger partial charge in [0.1, 0.15) is 12.6 Å². The SMILES string of the molecule is CCNC(=O)C(C)N(Cc1ccc(Br)cc1)C(=O)CN(c1ccc2c(c1)OCO2)S(=O)(=O)CC. The largest absolute Gasteiger partial charge is 0.454 e. The number of hydrogen-bond donors (Lipinski definition) is 1. The molecule has 2 amide bonds. The van der Waals surface area contributed by atoms with Gasteiger partial charge in [-0.3, -0.25) is 13.9 Å². The first-order chi connectivity index (χ1) is 16.2. The van der Waals surface area contributed by atoms with Gasteiger partial charge >= 0.3 is 0 Å². The van der Waals surface area contributed by atoms with E-state index in [0.717, 1.165) is 14.3 Å². The van der Waals surface area contributed by atoms with Crippen molar-refractivity contribution in [3.05, 3.63) is 52.5 Å². The summed E-state index contributed by atoms with van der Waals surface area (Å²) in [5, 5.41) is 2.73. The summed E-state index contributed by atoms with van der Waals surface area (Å²) in [6.45, 7) is 5.07. The molecule has 34 heavy (non-hydrogen) atoms. The molecule has 0 spiro atoms. The lowest BCUT2D eigenvalue weighted by Gasteiger charge is -2.31. The van der Waals surface area contributed by atoms with Crippen LogP contribution in [0.2, 0.25) is 0 Å². The van der Waals surface area contributed by atoms with E-state index in [9.17, 15) is 18.0 Å². The number of benzene rings is 2. The van der Waals surface area contributed by atoms with E-state index in [0.29, 0.717) is 18.0 Å². The van der Waals surface area contributed by atoms with Crippen LogP contribution in [0.1, 0.15) is 26.3 Å². The fourth-order valence-corrected chi connectivity index (χ4v) is 4.77. The van der Waals surface area contributed by atoms with Crippen LogP contribution in [0.15, 0.2) is 46.9 Å². The molecule has 1 N–H and O–H groups in total. The van der Waals surface area contributed by atoms with Gasteiger partial charge in [0.2, 0.25) is 28.6 Å². The van der Waals surface area contributed by atoms with Crippen LogP contribution < -0.4 is 19.1 Å². The highest BCUT2D eigenvalue weighted by Gasteiger charge is 2.31. The Morgan fingerprint density at radius 2 is 1.76 bits per heavy atom. The smallest absolute Gasteiger partial charge is 0.244 e. The number of rotatable bonds is 10. The van der Waals surface area contributed by atoms with Crippen LogP contribution in [-0.4, -0.2) is 56.8 Å². The topological polar surface area (TPSA) is 105 Å². The van der Waals surface area contributed by atoms with Gasteiger partial charge in [-0.05, 0) is 50.6 Å². The summed E-state index contributed by atoms with van der Waals surface area (Å²) < 4.78 is 38.5. The zero-order valence-electron chi connectivity index (χ0n) is 19.3. The van der Waals surface area contributed by atoms with Gasteiger partial charge in [0.05, 0.1) is 11.4 Å². The molecule has 0 saturated heterocycles. The van der Waals surface area contributed by atoms with Gasteiger partial charge in [0.15, 0.2) is 11.5 Å². The molecule has 1 aliphatic heterocycles. The summed E-state index contributed by atoms with van der Waals surface area (Å²) >= 11 is 3.39. The fraction of sp³-hybridized carbons (Fsp3) is 0.391. The Hall–Kier alpha value is -2.79. The third kappa shape index (κ3) is 6.01. The Morgan fingerprint density at radius 1 is 1.09 bits per heavy atom. The van der Waals surface area contributed by atoms with Crippen molar-refractivity contribution in [2.45, 2.75) is 33.4 Å². The van der Waals surface area contributed by atoms with Gasteiger partial charge < -0.3 is 19.7 Å². The van der Waals surface area contributed by atoms with Crippen molar-refractivity contribution in [2.75, 3.05) is 29.9 Å². The molecule has 2 aromatic carbocycles. The van der Waals surface area contributed by atoms with Gasteiger partial charge in [-0.25, -0.2) is 8.42 Å². The molecule has 1 heterocycles. The maximum atomic E-state index is 13.5. The number of hydrogen-bond acceptors (Lipinski definition) is 6. The Balaban J connectivity index is 1.93. The Kier molecular flexibility index (Phi) is 8.42. The molecule has 0 saturated carbocycles. The molecule has 2 aromatic rings. The first kappa shape index (κ1) is 25.8. The second-order valence-corrected chi connectivity index (χ2v) is 10.8. The molecule has 0 radical (unpaired) electrons. The number of carbonyl (C=O) groups excluding carboxylic acids is 2. The van der Waals surface area contributed by atoms with Crippen LogP contribution in [0.5, 0.6) is 11.5 Å². The van der Waals surface area contributed by atoms with E-state index in [4.69, 9.17) is 9.47 Å². The van der Waals surface area contributed by atoms with Crippen molar-refractivity contribution in [2.24, 2.45) is 0 Å². The van der Waals surface area contributed by atoms with E-state index < -0.39 is 28.5 Å². The molecule has 9 nitrogen and oxygen atoms in total. The highest BCUT2D eigenvalue weighted by molar-refractivity contribution is 9.10. The minimum absolute atomic E-state index is 0.0449. The average molecular weight is 554 g/mol. The Morgan fingerprint density at radius 3 is 2.41 bits per heavy atom. The third-order valence-corrected chi connectivity index (χ3v) is 7.68. The molecule has 0 bridgehead atoms. The second-order valence-electron chi connectivity index (χ2n) is 7.66. The minimum Gasteiger partial charge on any atom is -0.454 e. The number of likely N-dealkylation sites (N-methyl/N-ethyl adjacent to an activating group) is 1. The third-order valence-electron chi connectivity index (χ3n) is 5.41. The molecule has 3 rings (SSSR count). The number of halogens is 1. The van der Waals surface area contributed by atoms with Gasteiger partial charge in [-0.2, -0.15) is 0 Å². The van der Waals surface area contributed by atoms with Crippen molar-refractivity contribution in [3.63, 3.8) is 0 Å². The number of ether oxygens (including phenoxy) is 2. The maximum absolute atomic E-state index is 13.5. The number of anilines is 1. The molecular weight excluding hydrogens is 526 g/mol. The van der Waals surface area contributed by atoms with Crippen LogP contribution in [0.4, 0.5) is 5.69 Å². The average Bonchev–Trinajstić information content (AvgIpc) is 3.29. The van der Waals surface area contributed by atoms with Gasteiger partial charge in [-0.1, -0.05) is 28.1 Å². The van der Waals surface area contributed by atoms with Crippen LogP contribution >= 0.6 is 15.9 Å². The molecule has 1 atom stereocenters. The zero-order chi connectivity index (χ0) is 24.9. The van der Waals surface area contributed by atoms with Crippen LogP contribution in [0.25, 0.3) is 0 Å². The number of nitrogens with one attached hydrogen (secondary N) is 1. The number of nitrogens with zero attached hydrogens (tertiary/aromatic N) is 2. The number of sulfonamides is 1. The second kappa shape index (κ2) is 11.1. The van der Waals surface area contributed by atoms with Gasteiger partial charge in [0, 0.05) is 23.6 Å². The lowest BCUT2D eigenvalue weighted by Crippen LogP contribution is -2.51. The van der Waals surface area contributed by atoms with Crippen LogP contribution in [0.3, 0.4) is 0 Å². The summed E-state index contributed by atoms with van der Waals surface area (Å²) in [5.74, 6) is -0.112. The molecule has 0 fully saturated rings. The van der Waals surface area contributed by atoms with Crippen molar-refractivity contribution >= 4 is 43.5 Å². The quantitative estimate of drug-likeness (QED) is 0.485. The normalized spacial score (nSPS) is 13.3. The van der Waals surface area contributed by atoms with E-state index in [1.54, 1.807) is 26.0 Å². The maximum Gasteiger partial charge on any atom is 0.244 e. The van der Waals surface area contributed by atoms with E-state index >= 15 is 0 Å². The summed E-state index contributed by atoms with van der Waals surface area (Å²) in [4.78, 5) is 27.5. The van der Waals surface area contributed by atoms with Crippen molar-refractivity contribution in [1.82, 2.24) is 10.2 Å². The predicted octanol–water partition coefficient (Wildman–Crippen LogP) is 2.89. The molecule has 184 valence electrons. The molecule has 1 unspecified atom stereocenters. The van der Waals surface area contributed by atoms with Gasteiger partial charge in [-0.15, -0.1) is 0 Å². The summed E-state index contributed by atoms with van der Waals surface area (Å²) in [6, 6.07) is 11.3. The number of carbonyl (C=O) groups is 2. The summed E-state index contributed by atoms with van der Waals surface area (Å²) in [5.41, 5.74) is 1.09. The lowest BCUT2D eigenvalue weighted by molar-refractivity contribution is -0.139. The fourth-order valence-electron chi connectivity index (χ4n) is 3.45. The van der Waals surface area contributed by atoms with E-state index in [1.807, 2.05) is 24.3 Å². The standard InChI is InChI=1S/C23H28BrN3O6S/c1-4-25-23(29)16(3)26(13-17-6-8-18(24)9-7-17)22(28)14-27(34(30,31)5-2)19-10-11-20-21(12-19)33-15-32-20/h6-12,16H,4-5,13-15H2,1-3H3,(H,25,29). The van der Waals surface area contributed by atoms with Crippen LogP contribution in [-0.2, 0) is 26.2 Å². The summed E-state index contributed by atoms with van der Waals surface area (Å²) in [6.07, 6.45) is 0. The molecule has 0 aromatic heterocycles.